The van der Waals surface area contributed by atoms with E-state index in [9.17, 15) is 24.6 Å². The SMILES string of the molecule is CCC(C)(CC(C)(C)C(=O)OCC(C)O)C(=O)OCC(O)COC(=O)CCI. The molecule has 0 heterocycles. The maximum atomic E-state index is 12.6. The minimum absolute atomic E-state index is 0.113. The molecule has 9 heteroatoms. The second-order valence-corrected chi connectivity index (χ2v) is 8.88. The largest absolute Gasteiger partial charge is 0.463 e. The maximum absolute atomic E-state index is 12.6. The molecule has 0 rings (SSSR count). The number of aliphatic hydroxyl groups is 2. The first kappa shape index (κ1) is 27.1. The van der Waals surface area contributed by atoms with Crippen molar-refractivity contribution in [2.45, 2.75) is 66.1 Å². The summed E-state index contributed by atoms with van der Waals surface area (Å²) in [5.74, 6) is -1.48. The summed E-state index contributed by atoms with van der Waals surface area (Å²) in [5, 5.41) is 19.1. The molecule has 0 bridgehead atoms. The molecule has 0 aliphatic heterocycles. The lowest BCUT2D eigenvalue weighted by Crippen LogP contribution is -2.40. The number of rotatable bonds is 13. The van der Waals surface area contributed by atoms with Crippen LogP contribution in [0.1, 0.15) is 53.9 Å². The molecule has 0 saturated heterocycles. The molecule has 0 aromatic heterocycles. The van der Waals surface area contributed by atoms with Crippen LogP contribution in [0.2, 0.25) is 0 Å². The average molecular weight is 516 g/mol. The third-order valence-corrected chi connectivity index (χ3v) is 4.79. The van der Waals surface area contributed by atoms with E-state index in [0.29, 0.717) is 10.8 Å². The summed E-state index contributed by atoms with van der Waals surface area (Å²) < 4.78 is 15.8. The highest BCUT2D eigenvalue weighted by molar-refractivity contribution is 14.1. The van der Waals surface area contributed by atoms with Gasteiger partial charge >= 0.3 is 17.9 Å². The summed E-state index contributed by atoms with van der Waals surface area (Å²) in [6.07, 6.45) is -1.04. The van der Waals surface area contributed by atoms with Crippen molar-refractivity contribution < 1.29 is 38.8 Å². The van der Waals surface area contributed by atoms with Gasteiger partial charge in [0.25, 0.3) is 0 Å². The van der Waals surface area contributed by atoms with E-state index in [0.717, 1.165) is 0 Å². The Morgan fingerprint density at radius 2 is 1.50 bits per heavy atom. The van der Waals surface area contributed by atoms with Gasteiger partial charge in [-0.15, -0.1) is 0 Å². The van der Waals surface area contributed by atoms with E-state index in [1.165, 1.54) is 6.92 Å². The van der Waals surface area contributed by atoms with Crippen molar-refractivity contribution >= 4 is 40.5 Å². The molecule has 28 heavy (non-hydrogen) atoms. The summed E-state index contributed by atoms with van der Waals surface area (Å²) in [5.41, 5.74) is -1.93. The van der Waals surface area contributed by atoms with Crippen LogP contribution in [0.5, 0.6) is 0 Å². The predicted octanol–water partition coefficient (Wildman–Crippen LogP) is 2.02. The van der Waals surface area contributed by atoms with Gasteiger partial charge in [-0.1, -0.05) is 29.5 Å². The van der Waals surface area contributed by atoms with Crippen LogP contribution in [0, 0.1) is 10.8 Å². The molecule has 2 N–H and O–H groups in total. The van der Waals surface area contributed by atoms with Crippen molar-refractivity contribution in [3.8, 4) is 0 Å². The van der Waals surface area contributed by atoms with Crippen LogP contribution < -0.4 is 0 Å². The van der Waals surface area contributed by atoms with E-state index < -0.39 is 40.9 Å². The van der Waals surface area contributed by atoms with Crippen LogP contribution in [-0.2, 0) is 28.6 Å². The highest BCUT2D eigenvalue weighted by Crippen LogP contribution is 2.38. The number of carbonyl (C=O) groups excluding carboxylic acids is 3. The smallest absolute Gasteiger partial charge is 0.311 e. The zero-order valence-electron chi connectivity index (χ0n) is 17.3. The highest BCUT2D eigenvalue weighted by atomic mass is 127. The molecule has 0 aromatic rings. The van der Waals surface area contributed by atoms with Gasteiger partial charge in [-0.25, -0.2) is 0 Å². The summed E-state index contributed by atoms with van der Waals surface area (Å²) >= 11 is 2.04. The molecule has 3 unspecified atom stereocenters. The first-order valence-electron chi connectivity index (χ1n) is 9.30. The third kappa shape index (κ3) is 10.0. The third-order valence-electron chi connectivity index (χ3n) is 4.26. The van der Waals surface area contributed by atoms with Crippen molar-refractivity contribution in [3.63, 3.8) is 0 Å². The van der Waals surface area contributed by atoms with E-state index in [4.69, 9.17) is 14.2 Å². The van der Waals surface area contributed by atoms with Crippen LogP contribution in [-0.4, -0.2) is 64.6 Å². The van der Waals surface area contributed by atoms with Gasteiger partial charge in [-0.3, -0.25) is 14.4 Å². The number of carbonyl (C=O) groups is 3. The topological polar surface area (TPSA) is 119 Å². The number of alkyl halides is 1. The lowest BCUT2D eigenvalue weighted by atomic mass is 9.72. The first-order valence-corrected chi connectivity index (χ1v) is 10.8. The number of hydrogen-bond acceptors (Lipinski definition) is 8. The molecule has 0 radical (unpaired) electrons. The molecule has 0 fully saturated rings. The van der Waals surface area contributed by atoms with Crippen molar-refractivity contribution in [1.82, 2.24) is 0 Å². The van der Waals surface area contributed by atoms with Crippen molar-refractivity contribution in [2.75, 3.05) is 24.2 Å². The van der Waals surface area contributed by atoms with Crippen LogP contribution in [0.25, 0.3) is 0 Å². The number of esters is 3. The molecule has 0 aromatic carbocycles. The van der Waals surface area contributed by atoms with Crippen molar-refractivity contribution in [2.24, 2.45) is 10.8 Å². The van der Waals surface area contributed by atoms with Gasteiger partial charge in [0.05, 0.1) is 23.4 Å². The number of halogens is 1. The maximum Gasteiger partial charge on any atom is 0.311 e. The quantitative estimate of drug-likeness (QED) is 0.165. The number of ether oxygens (including phenoxy) is 3. The summed E-state index contributed by atoms with van der Waals surface area (Å²) in [6.45, 7) is 7.67. The van der Waals surface area contributed by atoms with Gasteiger partial charge < -0.3 is 24.4 Å². The zero-order chi connectivity index (χ0) is 22.0. The Bertz CT molecular complexity index is 520. The van der Waals surface area contributed by atoms with Crippen LogP contribution in [0.4, 0.5) is 0 Å². The van der Waals surface area contributed by atoms with Crippen LogP contribution in [0.3, 0.4) is 0 Å². The minimum Gasteiger partial charge on any atom is -0.463 e. The van der Waals surface area contributed by atoms with Gasteiger partial charge in [-0.05, 0) is 40.5 Å². The van der Waals surface area contributed by atoms with E-state index in [1.807, 2.05) is 22.6 Å². The summed E-state index contributed by atoms with van der Waals surface area (Å²) in [4.78, 5) is 36.2. The number of aliphatic hydroxyl groups excluding tert-OH is 2. The van der Waals surface area contributed by atoms with Crippen LogP contribution in [0.15, 0.2) is 0 Å². The molecule has 0 amide bonds. The van der Waals surface area contributed by atoms with Crippen molar-refractivity contribution in [1.29, 1.82) is 0 Å². The Balaban J connectivity index is 4.72. The second kappa shape index (κ2) is 12.6. The first-order chi connectivity index (χ1) is 12.9. The minimum atomic E-state index is -1.12. The fraction of sp³-hybridized carbons (Fsp3) is 0.842. The monoisotopic (exact) mass is 516 g/mol. The molecular formula is C19H33IO8. The Morgan fingerprint density at radius 3 is 2.00 bits per heavy atom. The van der Waals surface area contributed by atoms with Gasteiger partial charge in [-0.2, -0.15) is 0 Å². The normalized spacial score (nSPS) is 15.9. The molecule has 0 spiro atoms. The summed E-state index contributed by atoms with van der Waals surface area (Å²) in [7, 11) is 0. The lowest BCUT2D eigenvalue weighted by Gasteiger charge is -2.34. The zero-order valence-corrected chi connectivity index (χ0v) is 19.5. The Hall–Kier alpha value is -0.940. The van der Waals surface area contributed by atoms with E-state index in [2.05, 4.69) is 0 Å². The standard InChI is InChI=1S/C19H33IO8/c1-6-19(5,12-18(3,4)16(24)27-9-13(2)21)17(25)28-11-14(22)10-26-15(23)7-8-20/h13-14,21-22H,6-12H2,1-5H3. The van der Waals surface area contributed by atoms with Gasteiger partial charge in [0, 0.05) is 4.43 Å². The molecule has 0 saturated carbocycles. The average Bonchev–Trinajstić information content (AvgIpc) is 2.61. The fourth-order valence-corrected chi connectivity index (χ4v) is 2.95. The Morgan fingerprint density at radius 1 is 0.964 bits per heavy atom. The Labute approximate surface area is 180 Å². The number of hydrogen-bond donors (Lipinski definition) is 2. The molecule has 164 valence electrons. The molecular weight excluding hydrogens is 483 g/mol. The molecule has 0 aliphatic carbocycles. The van der Waals surface area contributed by atoms with Gasteiger partial charge in [0.2, 0.25) is 0 Å². The van der Waals surface area contributed by atoms with Crippen LogP contribution >= 0.6 is 22.6 Å². The van der Waals surface area contributed by atoms with Crippen molar-refractivity contribution in [3.05, 3.63) is 0 Å². The predicted molar refractivity (Wildman–Crippen MR) is 111 cm³/mol. The Kier molecular flexibility index (Phi) is 12.2. The molecule has 0 aliphatic rings. The highest BCUT2D eigenvalue weighted by Gasteiger charge is 2.43. The van der Waals surface area contributed by atoms with E-state index in [-0.39, 0.29) is 32.7 Å². The van der Waals surface area contributed by atoms with E-state index >= 15 is 0 Å². The molecule has 8 nitrogen and oxygen atoms in total. The summed E-state index contributed by atoms with van der Waals surface area (Å²) in [6, 6.07) is 0. The lowest BCUT2D eigenvalue weighted by molar-refractivity contribution is -0.167. The fourth-order valence-electron chi connectivity index (χ4n) is 2.51. The van der Waals surface area contributed by atoms with E-state index in [1.54, 1.807) is 27.7 Å². The molecule has 3 atom stereocenters. The van der Waals surface area contributed by atoms with Gasteiger partial charge in [0.1, 0.15) is 25.9 Å². The van der Waals surface area contributed by atoms with Gasteiger partial charge in [0.15, 0.2) is 0 Å². The second-order valence-electron chi connectivity index (χ2n) is 7.80.